The van der Waals surface area contributed by atoms with Crippen molar-refractivity contribution < 1.29 is 0 Å². The van der Waals surface area contributed by atoms with Crippen molar-refractivity contribution in [1.82, 2.24) is 0 Å². The highest BCUT2D eigenvalue weighted by Gasteiger charge is 2.52. The number of hydrogen-bond acceptors (Lipinski definition) is 2. The Morgan fingerprint density at radius 3 is 1.89 bits per heavy atom. The third kappa shape index (κ3) is 3.86. The van der Waals surface area contributed by atoms with Gasteiger partial charge in [0.15, 0.2) is 0 Å². The Bertz CT molecular complexity index is 3090. The molecule has 2 aliphatic rings. The van der Waals surface area contributed by atoms with E-state index in [-0.39, 0.29) is 0 Å². The van der Waals surface area contributed by atoms with Gasteiger partial charge in [0.1, 0.15) is 0 Å². The van der Waals surface area contributed by atoms with E-state index in [1.807, 2.05) is 11.3 Å². The highest BCUT2D eigenvalue weighted by atomic mass is 32.1. The third-order valence-corrected chi connectivity index (χ3v) is 13.0. The fourth-order valence-electron chi connectivity index (χ4n) is 9.69. The zero-order valence-electron chi connectivity index (χ0n) is 28.8. The Labute approximate surface area is 311 Å². The lowest BCUT2D eigenvalue weighted by atomic mass is 9.70. The lowest BCUT2D eigenvalue weighted by molar-refractivity contribution is 0.795. The summed E-state index contributed by atoms with van der Waals surface area (Å²) in [5, 5.41) is 7.69. The molecular formula is C51H31NS. The predicted molar refractivity (Wildman–Crippen MR) is 225 cm³/mol. The monoisotopic (exact) mass is 689 g/mol. The van der Waals surface area contributed by atoms with E-state index in [0.29, 0.717) is 0 Å². The smallest absolute Gasteiger partial charge is 0.0725 e. The van der Waals surface area contributed by atoms with Gasteiger partial charge in [0, 0.05) is 26.8 Å². The Morgan fingerprint density at radius 2 is 1.06 bits per heavy atom. The van der Waals surface area contributed by atoms with Gasteiger partial charge in [-0.25, -0.2) is 0 Å². The first-order chi connectivity index (χ1) is 26.3. The Kier molecular flexibility index (Phi) is 5.92. The van der Waals surface area contributed by atoms with E-state index in [1.165, 1.54) is 91.9 Å². The van der Waals surface area contributed by atoms with Crippen molar-refractivity contribution >= 4 is 70.1 Å². The van der Waals surface area contributed by atoms with Crippen molar-refractivity contribution in [3.63, 3.8) is 0 Å². The van der Waals surface area contributed by atoms with Crippen molar-refractivity contribution in [2.45, 2.75) is 5.41 Å². The molecule has 1 spiro atoms. The van der Waals surface area contributed by atoms with Crippen LogP contribution in [0.4, 0.5) is 17.1 Å². The summed E-state index contributed by atoms with van der Waals surface area (Å²) >= 11 is 1.88. The largest absolute Gasteiger partial charge is 0.309 e. The molecule has 0 atom stereocenters. The lowest BCUT2D eigenvalue weighted by Crippen LogP contribution is -2.25. The number of fused-ring (bicyclic) bond motifs is 16. The summed E-state index contributed by atoms with van der Waals surface area (Å²) in [6, 6.07) is 70.2. The number of para-hydroxylation sites is 1. The summed E-state index contributed by atoms with van der Waals surface area (Å²) in [5.74, 6) is 0. The van der Waals surface area contributed by atoms with E-state index in [9.17, 15) is 0 Å². The van der Waals surface area contributed by atoms with E-state index >= 15 is 0 Å². The van der Waals surface area contributed by atoms with Crippen LogP contribution in [-0.2, 0) is 5.41 Å². The average Bonchev–Trinajstić information content (AvgIpc) is 3.85. The van der Waals surface area contributed by atoms with Gasteiger partial charge in [0.25, 0.3) is 0 Å². The second kappa shape index (κ2) is 10.8. The second-order valence-electron chi connectivity index (χ2n) is 14.4. The normalized spacial score (nSPS) is 13.4. The van der Waals surface area contributed by atoms with Crippen molar-refractivity contribution in [3.05, 3.63) is 210 Å². The average molecular weight is 690 g/mol. The zero-order valence-corrected chi connectivity index (χ0v) is 29.6. The topological polar surface area (TPSA) is 3.24 Å². The van der Waals surface area contributed by atoms with E-state index in [1.54, 1.807) is 0 Å². The standard InChI is InChI=1S/C51H31NS/c1-2-14-35(15-3-1)52(47-23-12-20-41-40-19-8-11-24-48(40)53-50(41)47)36-27-25-33-30-42-46(31-34(33)29-36)51(45-28-26-32-13-4-5-16-37(32)49(42)45)43-21-9-6-17-38(43)39-18-7-10-22-44(39)51/h1-31H. The third-order valence-electron chi connectivity index (χ3n) is 11.8. The molecule has 0 unspecified atom stereocenters. The maximum absolute atomic E-state index is 2.52. The summed E-state index contributed by atoms with van der Waals surface area (Å²) in [4.78, 5) is 2.45. The first-order valence-electron chi connectivity index (χ1n) is 18.3. The molecule has 0 saturated carbocycles. The number of rotatable bonds is 3. The minimum Gasteiger partial charge on any atom is -0.309 e. The van der Waals surface area contributed by atoms with Gasteiger partial charge < -0.3 is 4.90 Å². The van der Waals surface area contributed by atoms with Crippen LogP contribution in [0.2, 0.25) is 0 Å². The summed E-state index contributed by atoms with van der Waals surface area (Å²) in [5.41, 5.74) is 13.9. The van der Waals surface area contributed by atoms with Crippen LogP contribution in [-0.4, -0.2) is 0 Å². The summed E-state index contributed by atoms with van der Waals surface area (Å²) in [7, 11) is 0. The van der Waals surface area contributed by atoms with Crippen LogP contribution in [0.25, 0.3) is 64.0 Å². The maximum Gasteiger partial charge on any atom is 0.0725 e. The molecule has 246 valence electrons. The Hall–Kier alpha value is -6.48. The molecule has 10 aromatic rings. The van der Waals surface area contributed by atoms with E-state index in [4.69, 9.17) is 0 Å². The minimum absolute atomic E-state index is 0.409. The highest BCUT2D eigenvalue weighted by molar-refractivity contribution is 7.26. The SMILES string of the molecule is c1ccc(N(c2ccc3cc4c(cc3c2)C2(c3ccccc3-c3ccccc32)c2ccc3ccccc3c2-4)c2cccc3c2sc2ccccc23)cc1. The molecule has 1 heterocycles. The summed E-state index contributed by atoms with van der Waals surface area (Å²) in [6.07, 6.45) is 0. The molecule has 53 heavy (non-hydrogen) atoms. The van der Waals surface area contributed by atoms with Crippen LogP contribution in [0.15, 0.2) is 188 Å². The Morgan fingerprint density at radius 1 is 0.377 bits per heavy atom. The van der Waals surface area contributed by atoms with Crippen molar-refractivity contribution in [3.8, 4) is 22.3 Å². The molecule has 9 aromatic carbocycles. The molecule has 0 N–H and O–H groups in total. The first kappa shape index (κ1) is 29.1. The van der Waals surface area contributed by atoms with Gasteiger partial charge in [-0.15, -0.1) is 11.3 Å². The molecule has 0 bridgehead atoms. The van der Waals surface area contributed by atoms with Crippen LogP contribution in [0.5, 0.6) is 0 Å². The predicted octanol–water partition coefficient (Wildman–Crippen LogP) is 14.2. The number of benzene rings is 9. The molecule has 0 radical (unpaired) electrons. The molecule has 12 rings (SSSR count). The lowest BCUT2D eigenvalue weighted by Gasteiger charge is -2.31. The molecule has 0 amide bonds. The van der Waals surface area contributed by atoms with Gasteiger partial charge >= 0.3 is 0 Å². The molecule has 2 heteroatoms. The van der Waals surface area contributed by atoms with Crippen LogP contribution < -0.4 is 4.90 Å². The van der Waals surface area contributed by atoms with Crippen molar-refractivity contribution in [2.24, 2.45) is 0 Å². The van der Waals surface area contributed by atoms with E-state index < -0.39 is 5.41 Å². The summed E-state index contributed by atoms with van der Waals surface area (Å²) < 4.78 is 2.61. The fourth-order valence-corrected chi connectivity index (χ4v) is 10.9. The van der Waals surface area contributed by atoms with Crippen molar-refractivity contribution in [2.75, 3.05) is 4.90 Å². The number of thiophene rings is 1. The maximum atomic E-state index is 2.52. The van der Waals surface area contributed by atoms with Gasteiger partial charge in [0.2, 0.25) is 0 Å². The van der Waals surface area contributed by atoms with Gasteiger partial charge in [-0.05, 0) is 115 Å². The molecule has 0 aliphatic heterocycles. The van der Waals surface area contributed by atoms with Gasteiger partial charge in [-0.3, -0.25) is 0 Å². The van der Waals surface area contributed by atoms with Gasteiger partial charge in [0.05, 0.1) is 15.8 Å². The van der Waals surface area contributed by atoms with Gasteiger partial charge in [-0.1, -0.05) is 140 Å². The molecule has 0 saturated heterocycles. The molecule has 0 fully saturated rings. The summed E-state index contributed by atoms with van der Waals surface area (Å²) in [6.45, 7) is 0. The van der Waals surface area contributed by atoms with Crippen LogP contribution >= 0.6 is 11.3 Å². The Balaban J connectivity index is 1.15. The minimum atomic E-state index is -0.409. The molecular weight excluding hydrogens is 659 g/mol. The number of hydrogen-bond donors (Lipinski definition) is 0. The second-order valence-corrected chi connectivity index (χ2v) is 15.5. The molecule has 1 nitrogen and oxygen atoms in total. The van der Waals surface area contributed by atoms with E-state index in [0.717, 1.165) is 11.4 Å². The highest BCUT2D eigenvalue weighted by Crippen LogP contribution is 2.64. The van der Waals surface area contributed by atoms with Crippen LogP contribution in [0, 0.1) is 0 Å². The van der Waals surface area contributed by atoms with Crippen molar-refractivity contribution in [1.29, 1.82) is 0 Å². The van der Waals surface area contributed by atoms with Crippen LogP contribution in [0.3, 0.4) is 0 Å². The number of nitrogens with zero attached hydrogens (tertiary/aromatic N) is 1. The van der Waals surface area contributed by atoms with E-state index in [2.05, 4.69) is 193 Å². The molecule has 2 aliphatic carbocycles. The van der Waals surface area contributed by atoms with Gasteiger partial charge in [-0.2, -0.15) is 0 Å². The fraction of sp³-hybridized carbons (Fsp3) is 0.0196. The quantitative estimate of drug-likeness (QED) is 0.178. The molecule has 1 aromatic heterocycles. The van der Waals surface area contributed by atoms with Crippen LogP contribution in [0.1, 0.15) is 22.3 Å². The zero-order chi connectivity index (χ0) is 34.7. The first-order valence-corrected chi connectivity index (χ1v) is 19.2. The number of anilines is 3.